The zero-order valence-corrected chi connectivity index (χ0v) is 14.9. The van der Waals surface area contributed by atoms with Crippen molar-refractivity contribution in [2.45, 2.75) is 6.54 Å². The summed E-state index contributed by atoms with van der Waals surface area (Å²) in [5, 5.41) is 7.88. The maximum Gasteiger partial charge on any atom is 0.171 e. The summed E-state index contributed by atoms with van der Waals surface area (Å²) in [5.74, 6) is 0.908. The lowest BCUT2D eigenvalue weighted by atomic mass is 10.1. The highest BCUT2D eigenvalue weighted by atomic mass is 127. The zero-order chi connectivity index (χ0) is 16.4. The van der Waals surface area contributed by atoms with E-state index in [9.17, 15) is 0 Å². The third-order valence-corrected chi connectivity index (χ3v) is 4.46. The van der Waals surface area contributed by atoms with Crippen molar-refractivity contribution in [2.75, 3.05) is 5.32 Å². The molecule has 0 bridgehead atoms. The van der Waals surface area contributed by atoms with Gasteiger partial charge >= 0.3 is 0 Å². The van der Waals surface area contributed by atoms with E-state index in [4.69, 9.17) is 4.98 Å². The summed E-state index contributed by atoms with van der Waals surface area (Å²) in [6.07, 6.45) is 5.46. The van der Waals surface area contributed by atoms with Gasteiger partial charge in [0.05, 0.1) is 15.5 Å². The highest BCUT2D eigenvalue weighted by Crippen LogP contribution is 2.24. The Hall–Kier alpha value is -2.48. The van der Waals surface area contributed by atoms with Crippen LogP contribution in [0.3, 0.4) is 0 Å². The number of rotatable bonds is 4. The first-order valence-electron chi connectivity index (χ1n) is 7.54. The third-order valence-electron chi connectivity index (χ3n) is 3.69. The largest absolute Gasteiger partial charge is 0.366 e. The van der Waals surface area contributed by atoms with Crippen molar-refractivity contribution in [1.82, 2.24) is 19.6 Å². The molecule has 5 nitrogen and oxygen atoms in total. The van der Waals surface area contributed by atoms with Crippen LogP contribution in [0.2, 0.25) is 0 Å². The van der Waals surface area contributed by atoms with Crippen molar-refractivity contribution < 1.29 is 0 Å². The summed E-state index contributed by atoms with van der Waals surface area (Å²) in [6.45, 7) is 0.678. The molecule has 3 heterocycles. The summed E-state index contributed by atoms with van der Waals surface area (Å²) in [6, 6.07) is 16.2. The number of halogens is 1. The summed E-state index contributed by atoms with van der Waals surface area (Å²) in [7, 11) is 0. The van der Waals surface area contributed by atoms with Gasteiger partial charge in [-0.05, 0) is 34.2 Å². The molecule has 0 saturated carbocycles. The quantitative estimate of drug-likeness (QED) is 0.501. The predicted molar refractivity (Wildman–Crippen MR) is 103 cm³/mol. The second kappa shape index (κ2) is 6.56. The van der Waals surface area contributed by atoms with Crippen LogP contribution >= 0.6 is 22.6 Å². The monoisotopic (exact) mass is 427 g/mol. The summed E-state index contributed by atoms with van der Waals surface area (Å²) in [4.78, 5) is 8.91. The third kappa shape index (κ3) is 2.96. The normalized spacial score (nSPS) is 10.9. The molecule has 0 radical (unpaired) electrons. The van der Waals surface area contributed by atoms with E-state index in [0.717, 1.165) is 31.9 Å². The van der Waals surface area contributed by atoms with Gasteiger partial charge in [-0.3, -0.25) is 4.98 Å². The Morgan fingerprint density at radius 1 is 1.04 bits per heavy atom. The van der Waals surface area contributed by atoms with Crippen molar-refractivity contribution in [3.8, 4) is 11.3 Å². The van der Waals surface area contributed by atoms with E-state index in [0.29, 0.717) is 6.54 Å². The fourth-order valence-corrected chi connectivity index (χ4v) is 2.99. The minimum Gasteiger partial charge on any atom is -0.366 e. The van der Waals surface area contributed by atoms with Crippen LogP contribution in [0.25, 0.3) is 16.9 Å². The Balaban J connectivity index is 1.76. The van der Waals surface area contributed by atoms with Gasteiger partial charge in [-0.25, -0.2) is 4.98 Å². The molecule has 0 aliphatic carbocycles. The molecule has 0 atom stereocenters. The average molecular weight is 427 g/mol. The topological polar surface area (TPSA) is 55.1 Å². The maximum absolute atomic E-state index is 4.76. The SMILES string of the molecule is Ic1cnn2c(NCc3cccnc3)cc(-c3ccccc3)nc12. The number of nitrogens with one attached hydrogen (secondary N) is 1. The fourth-order valence-electron chi connectivity index (χ4n) is 2.51. The number of fused-ring (bicyclic) bond motifs is 1. The Labute approximate surface area is 152 Å². The van der Waals surface area contributed by atoms with Crippen LogP contribution in [0.15, 0.2) is 67.1 Å². The molecule has 0 aliphatic heterocycles. The number of hydrogen-bond acceptors (Lipinski definition) is 4. The first kappa shape index (κ1) is 15.1. The lowest BCUT2D eigenvalue weighted by Gasteiger charge is -2.11. The molecule has 0 spiro atoms. The smallest absolute Gasteiger partial charge is 0.171 e. The Kier molecular flexibility index (Phi) is 4.12. The molecule has 4 aromatic rings. The van der Waals surface area contributed by atoms with E-state index < -0.39 is 0 Å². The molecular formula is C18H14IN5. The minimum absolute atomic E-state index is 0.678. The molecule has 0 fully saturated rings. The lowest BCUT2D eigenvalue weighted by Crippen LogP contribution is -2.07. The van der Waals surface area contributed by atoms with Gasteiger partial charge in [0, 0.05) is 30.6 Å². The van der Waals surface area contributed by atoms with Gasteiger partial charge in [-0.2, -0.15) is 9.61 Å². The molecule has 0 amide bonds. The minimum atomic E-state index is 0.678. The molecule has 1 N–H and O–H groups in total. The molecule has 6 heteroatoms. The van der Waals surface area contributed by atoms with E-state index in [1.807, 2.05) is 53.3 Å². The van der Waals surface area contributed by atoms with Crippen molar-refractivity contribution in [3.05, 3.63) is 76.3 Å². The molecule has 4 rings (SSSR count). The van der Waals surface area contributed by atoms with Gasteiger partial charge in [0.2, 0.25) is 0 Å². The highest BCUT2D eigenvalue weighted by Gasteiger charge is 2.11. The molecular weight excluding hydrogens is 413 g/mol. The van der Waals surface area contributed by atoms with Gasteiger partial charge in [-0.1, -0.05) is 36.4 Å². The number of benzene rings is 1. The second-order valence-corrected chi connectivity index (χ2v) is 6.50. The van der Waals surface area contributed by atoms with Crippen LogP contribution in [-0.4, -0.2) is 19.6 Å². The Bertz CT molecular complexity index is 967. The van der Waals surface area contributed by atoms with Crippen molar-refractivity contribution in [1.29, 1.82) is 0 Å². The molecule has 0 saturated heterocycles. The van der Waals surface area contributed by atoms with E-state index in [-0.39, 0.29) is 0 Å². The first-order chi connectivity index (χ1) is 11.8. The first-order valence-corrected chi connectivity index (χ1v) is 8.61. The number of anilines is 1. The van der Waals surface area contributed by atoms with E-state index in [1.54, 1.807) is 6.20 Å². The van der Waals surface area contributed by atoms with Crippen molar-refractivity contribution in [2.24, 2.45) is 0 Å². The van der Waals surface area contributed by atoms with Gasteiger partial charge in [0.25, 0.3) is 0 Å². The molecule has 0 unspecified atom stereocenters. The van der Waals surface area contributed by atoms with Gasteiger partial charge in [0.1, 0.15) is 5.82 Å². The van der Waals surface area contributed by atoms with Gasteiger partial charge in [0.15, 0.2) is 5.65 Å². The summed E-state index contributed by atoms with van der Waals surface area (Å²) in [5.41, 5.74) is 3.98. The summed E-state index contributed by atoms with van der Waals surface area (Å²) < 4.78 is 2.86. The molecule has 24 heavy (non-hydrogen) atoms. The second-order valence-electron chi connectivity index (χ2n) is 5.34. The van der Waals surface area contributed by atoms with Crippen molar-refractivity contribution in [3.63, 3.8) is 0 Å². The number of hydrogen-bond donors (Lipinski definition) is 1. The standard InChI is InChI=1S/C18H14IN5/c19-15-12-22-24-17(21-11-13-5-4-8-20-10-13)9-16(23-18(15)24)14-6-2-1-3-7-14/h1-10,12,21H,11H2. The fraction of sp³-hybridized carbons (Fsp3) is 0.0556. The zero-order valence-electron chi connectivity index (χ0n) is 12.7. The van der Waals surface area contributed by atoms with Crippen LogP contribution < -0.4 is 5.32 Å². The maximum atomic E-state index is 4.76. The Morgan fingerprint density at radius 2 is 1.92 bits per heavy atom. The summed E-state index contributed by atoms with van der Waals surface area (Å²) >= 11 is 2.26. The van der Waals surface area contributed by atoms with E-state index in [1.165, 1.54) is 0 Å². The molecule has 118 valence electrons. The average Bonchev–Trinajstić information content (AvgIpc) is 3.02. The van der Waals surface area contributed by atoms with Gasteiger partial charge < -0.3 is 5.32 Å². The van der Waals surface area contributed by atoms with Crippen LogP contribution in [0.4, 0.5) is 5.82 Å². The van der Waals surface area contributed by atoms with Gasteiger partial charge in [-0.15, -0.1) is 0 Å². The van der Waals surface area contributed by atoms with E-state index >= 15 is 0 Å². The number of nitrogens with zero attached hydrogens (tertiary/aromatic N) is 4. The number of pyridine rings is 1. The molecule has 3 aromatic heterocycles. The molecule has 0 aliphatic rings. The van der Waals surface area contributed by atoms with E-state index in [2.05, 4.69) is 50.1 Å². The van der Waals surface area contributed by atoms with Crippen molar-refractivity contribution >= 4 is 34.1 Å². The van der Waals surface area contributed by atoms with Crippen LogP contribution in [0, 0.1) is 3.57 Å². The van der Waals surface area contributed by atoms with Crippen LogP contribution in [0.5, 0.6) is 0 Å². The van der Waals surface area contributed by atoms with Crippen LogP contribution in [0.1, 0.15) is 5.56 Å². The molecule has 1 aromatic carbocycles. The van der Waals surface area contributed by atoms with Crippen LogP contribution in [-0.2, 0) is 6.54 Å². The lowest BCUT2D eigenvalue weighted by molar-refractivity contribution is 0.925. The number of aromatic nitrogens is 4. The Morgan fingerprint density at radius 3 is 2.71 bits per heavy atom. The predicted octanol–water partition coefficient (Wildman–Crippen LogP) is 4.01. The highest BCUT2D eigenvalue weighted by molar-refractivity contribution is 14.1.